The first-order valence-corrected chi connectivity index (χ1v) is 3.07. The van der Waals surface area contributed by atoms with Gasteiger partial charge in [-0.05, 0) is 19.7 Å². The summed E-state index contributed by atoms with van der Waals surface area (Å²) in [5.41, 5.74) is 0.702. The van der Waals surface area contributed by atoms with E-state index < -0.39 is 0 Å². The van der Waals surface area contributed by atoms with Gasteiger partial charge in [0, 0.05) is 12.1 Å². The molecule has 0 aromatic heterocycles. The molecule has 10 heavy (non-hydrogen) atoms. The number of allylic oxidation sites excluding steroid dienone is 4. The molecule has 0 heterocycles. The van der Waals surface area contributed by atoms with Gasteiger partial charge in [-0.15, -0.1) is 0 Å². The largest absolute Gasteiger partial charge is 0.303 e. The maximum atomic E-state index is 9.98. The van der Waals surface area contributed by atoms with Crippen LogP contribution in [-0.4, -0.2) is 13.0 Å². The fourth-order valence-electron chi connectivity index (χ4n) is 0.478. The summed E-state index contributed by atoms with van der Waals surface area (Å²) in [7, 11) is 0. The van der Waals surface area contributed by atoms with E-state index in [1.54, 1.807) is 6.08 Å². The fourth-order valence-corrected chi connectivity index (χ4v) is 0.478. The monoisotopic (exact) mass is 137 g/mol. The highest BCUT2D eigenvalue weighted by atomic mass is 16.1. The van der Waals surface area contributed by atoms with E-state index in [4.69, 9.17) is 0 Å². The minimum absolute atomic E-state index is 0.341. The van der Waals surface area contributed by atoms with Crippen LogP contribution in [0.2, 0.25) is 0 Å². The predicted molar refractivity (Wildman–Crippen MR) is 43.1 cm³/mol. The van der Waals surface area contributed by atoms with Crippen LogP contribution in [0, 0.1) is 0 Å². The highest BCUT2D eigenvalue weighted by Gasteiger charge is 1.86. The van der Waals surface area contributed by atoms with Crippen LogP contribution in [0.25, 0.3) is 0 Å². The number of hydrogen-bond acceptors (Lipinski definition) is 2. The molecule has 0 aromatic carbocycles. The number of aldehydes is 1. The number of hydrogen-bond donors (Lipinski definition) is 0. The quantitative estimate of drug-likeness (QED) is 0.329. The molecule has 0 rings (SSSR count). The molecule has 0 unspecified atom stereocenters. The molecule has 2 heteroatoms. The molecule has 0 N–H and O–H groups in total. The Morgan fingerprint density at radius 2 is 2.40 bits per heavy atom. The molecule has 0 bridgehead atoms. The zero-order valence-electron chi connectivity index (χ0n) is 6.08. The highest BCUT2D eigenvalue weighted by Crippen LogP contribution is 1.98. The summed E-state index contributed by atoms with van der Waals surface area (Å²) in [6.07, 6.45) is 6.61. The van der Waals surface area contributed by atoms with Crippen LogP contribution in [0.3, 0.4) is 0 Å². The Morgan fingerprint density at radius 3 is 2.80 bits per heavy atom. The third-order valence-corrected chi connectivity index (χ3v) is 0.977. The van der Waals surface area contributed by atoms with Gasteiger partial charge in [0.1, 0.15) is 6.29 Å². The maximum Gasteiger partial charge on any atom is 0.125 e. The van der Waals surface area contributed by atoms with E-state index in [9.17, 15) is 4.79 Å². The van der Waals surface area contributed by atoms with Gasteiger partial charge in [-0.3, -0.25) is 4.99 Å². The van der Waals surface area contributed by atoms with Crippen molar-refractivity contribution in [3.63, 3.8) is 0 Å². The molecule has 0 amide bonds. The second-order valence-corrected chi connectivity index (χ2v) is 1.71. The highest BCUT2D eigenvalue weighted by molar-refractivity contribution is 5.55. The molecule has 0 aromatic rings. The number of rotatable bonds is 4. The van der Waals surface area contributed by atoms with Gasteiger partial charge in [0.15, 0.2) is 0 Å². The first-order chi connectivity index (χ1) is 4.85. The lowest BCUT2D eigenvalue weighted by Crippen LogP contribution is -1.77. The molecule has 0 fully saturated rings. The average molecular weight is 137 g/mol. The predicted octanol–water partition coefficient (Wildman–Crippen LogP) is 1.74. The van der Waals surface area contributed by atoms with E-state index in [0.29, 0.717) is 12.1 Å². The molecule has 2 nitrogen and oxygen atoms in total. The molecule has 0 atom stereocenters. The Labute approximate surface area is 61.0 Å². The normalized spacial score (nSPS) is 11.9. The van der Waals surface area contributed by atoms with Crippen molar-refractivity contribution in [2.24, 2.45) is 4.99 Å². The van der Waals surface area contributed by atoms with Crippen molar-refractivity contribution in [1.29, 1.82) is 0 Å². The van der Waals surface area contributed by atoms with Crippen LogP contribution in [-0.2, 0) is 4.79 Å². The van der Waals surface area contributed by atoms with Crippen LogP contribution in [0.5, 0.6) is 0 Å². The lowest BCUT2D eigenvalue weighted by atomic mass is 10.3. The van der Waals surface area contributed by atoms with Crippen LogP contribution >= 0.6 is 0 Å². The molecular weight excluding hydrogens is 126 g/mol. The minimum atomic E-state index is 0.341. The van der Waals surface area contributed by atoms with Crippen LogP contribution < -0.4 is 0 Å². The molecule has 0 aliphatic rings. The molecule has 0 radical (unpaired) electrons. The summed E-state index contributed by atoms with van der Waals surface area (Å²) in [5, 5.41) is 0. The summed E-state index contributed by atoms with van der Waals surface area (Å²) in [4.78, 5) is 13.6. The Balaban J connectivity index is 4.02. The number of nitrogens with zero attached hydrogens (tertiary/aromatic N) is 1. The van der Waals surface area contributed by atoms with Gasteiger partial charge >= 0.3 is 0 Å². The second kappa shape index (κ2) is 5.95. The zero-order chi connectivity index (χ0) is 7.82. The SMILES string of the molecule is C=N/C(=C\C=C/C)CC=O. The van der Waals surface area contributed by atoms with Gasteiger partial charge in [0.25, 0.3) is 0 Å². The van der Waals surface area contributed by atoms with Gasteiger partial charge < -0.3 is 4.79 Å². The molecule has 54 valence electrons. The van der Waals surface area contributed by atoms with Crippen LogP contribution in [0.15, 0.2) is 28.9 Å². The summed E-state index contributed by atoms with van der Waals surface area (Å²) >= 11 is 0. The fraction of sp³-hybridized carbons (Fsp3) is 0.250. The minimum Gasteiger partial charge on any atom is -0.303 e. The summed E-state index contributed by atoms with van der Waals surface area (Å²) < 4.78 is 0. The van der Waals surface area contributed by atoms with Gasteiger partial charge in [-0.2, -0.15) is 0 Å². The van der Waals surface area contributed by atoms with Gasteiger partial charge in [-0.1, -0.05) is 12.2 Å². The van der Waals surface area contributed by atoms with Crippen molar-refractivity contribution in [1.82, 2.24) is 0 Å². The maximum absolute atomic E-state index is 9.98. The van der Waals surface area contributed by atoms with Crippen molar-refractivity contribution < 1.29 is 4.79 Å². The molecule has 0 aliphatic heterocycles. The molecule has 0 saturated carbocycles. The molecule has 0 saturated heterocycles. The molecule has 0 spiro atoms. The van der Waals surface area contributed by atoms with Crippen molar-refractivity contribution in [2.75, 3.05) is 0 Å². The lowest BCUT2D eigenvalue weighted by molar-refractivity contribution is -0.107. The van der Waals surface area contributed by atoms with E-state index in [1.165, 1.54) is 0 Å². The number of aliphatic imine (C=N–C) groups is 1. The smallest absolute Gasteiger partial charge is 0.125 e. The second-order valence-electron chi connectivity index (χ2n) is 1.71. The Hall–Kier alpha value is -1.18. The molecule has 0 aliphatic carbocycles. The topological polar surface area (TPSA) is 29.4 Å². The van der Waals surface area contributed by atoms with Crippen molar-refractivity contribution in [2.45, 2.75) is 13.3 Å². The van der Waals surface area contributed by atoms with Crippen LogP contribution in [0.4, 0.5) is 0 Å². The first kappa shape index (κ1) is 8.82. The summed E-state index contributed by atoms with van der Waals surface area (Å²) in [5.74, 6) is 0. The number of carbonyl (C=O) groups is 1. The van der Waals surface area contributed by atoms with Gasteiger partial charge in [0.2, 0.25) is 0 Å². The Kier molecular flexibility index (Phi) is 5.25. The zero-order valence-corrected chi connectivity index (χ0v) is 6.08. The van der Waals surface area contributed by atoms with E-state index >= 15 is 0 Å². The van der Waals surface area contributed by atoms with Crippen LogP contribution in [0.1, 0.15) is 13.3 Å². The standard InChI is InChI=1S/C8H11NO/c1-3-4-5-8(9-2)6-7-10/h3-5,7H,2,6H2,1H3/b4-3-,8-5-. The Morgan fingerprint density at radius 1 is 1.70 bits per heavy atom. The van der Waals surface area contributed by atoms with Gasteiger partial charge in [0.05, 0.1) is 0 Å². The Bertz CT molecular complexity index is 168. The van der Waals surface area contributed by atoms with Crippen molar-refractivity contribution >= 4 is 13.0 Å². The molecular formula is C8H11NO. The van der Waals surface area contributed by atoms with E-state index in [0.717, 1.165) is 6.29 Å². The third-order valence-electron chi connectivity index (χ3n) is 0.977. The lowest BCUT2D eigenvalue weighted by Gasteiger charge is -1.88. The average Bonchev–Trinajstić information content (AvgIpc) is 1.98. The summed E-state index contributed by atoms with van der Waals surface area (Å²) in [6, 6.07) is 0. The van der Waals surface area contributed by atoms with Crippen molar-refractivity contribution in [3.8, 4) is 0 Å². The summed E-state index contributed by atoms with van der Waals surface area (Å²) in [6.45, 7) is 5.22. The van der Waals surface area contributed by atoms with E-state index in [2.05, 4.69) is 11.7 Å². The number of carbonyl (C=O) groups excluding carboxylic acids is 1. The first-order valence-electron chi connectivity index (χ1n) is 3.07. The van der Waals surface area contributed by atoms with Crippen molar-refractivity contribution in [3.05, 3.63) is 23.9 Å². The van der Waals surface area contributed by atoms with E-state index in [1.807, 2.05) is 19.1 Å². The van der Waals surface area contributed by atoms with E-state index in [-0.39, 0.29) is 0 Å². The van der Waals surface area contributed by atoms with Gasteiger partial charge in [-0.25, -0.2) is 0 Å². The third kappa shape index (κ3) is 3.78.